The fraction of sp³-hybridized carbons (Fsp3) is 0.375. The van der Waals surface area contributed by atoms with Crippen LogP contribution >= 0.6 is 11.6 Å². The Bertz CT molecular complexity index is 649. The molecule has 1 atom stereocenters. The molecule has 0 saturated carbocycles. The Morgan fingerprint density at radius 1 is 1.35 bits per heavy atom. The van der Waals surface area contributed by atoms with E-state index in [-0.39, 0.29) is 11.8 Å². The van der Waals surface area contributed by atoms with Gasteiger partial charge in [-0.2, -0.15) is 0 Å². The largest absolute Gasteiger partial charge is 0.354 e. The van der Waals surface area contributed by atoms with Crippen molar-refractivity contribution in [3.8, 4) is 0 Å². The molecule has 7 heteroatoms. The summed E-state index contributed by atoms with van der Waals surface area (Å²) in [5, 5.41) is 11.3. The number of halogens is 1. The van der Waals surface area contributed by atoms with E-state index in [9.17, 15) is 4.79 Å². The van der Waals surface area contributed by atoms with Crippen molar-refractivity contribution in [3.63, 3.8) is 0 Å². The average molecular weight is 332 g/mol. The molecular weight excluding hydrogens is 314 g/mol. The van der Waals surface area contributed by atoms with Crippen molar-refractivity contribution in [1.29, 1.82) is 0 Å². The van der Waals surface area contributed by atoms with Crippen LogP contribution in [0, 0.1) is 5.92 Å². The Labute approximate surface area is 139 Å². The topological polar surface area (TPSA) is 71.0 Å². The first-order valence-corrected chi connectivity index (χ1v) is 8.01. The maximum Gasteiger partial charge on any atom is 0.225 e. The maximum absolute atomic E-state index is 12.4. The highest BCUT2D eigenvalue weighted by atomic mass is 35.5. The van der Waals surface area contributed by atoms with E-state index >= 15 is 0 Å². The molecule has 1 N–H and O–H groups in total. The molecular formula is C16H18ClN5O. The zero-order valence-electron chi connectivity index (χ0n) is 12.7. The fourth-order valence-corrected chi connectivity index (χ4v) is 2.81. The Balaban J connectivity index is 1.57. The van der Waals surface area contributed by atoms with Gasteiger partial charge < -0.3 is 10.2 Å². The van der Waals surface area contributed by atoms with Crippen LogP contribution in [0.3, 0.4) is 0 Å². The van der Waals surface area contributed by atoms with Crippen molar-refractivity contribution in [2.24, 2.45) is 5.92 Å². The van der Waals surface area contributed by atoms with Crippen molar-refractivity contribution < 1.29 is 4.79 Å². The second-order valence-electron chi connectivity index (χ2n) is 5.58. The standard InChI is InChI=1S/C16H18ClN5O/c17-14-5-6-15(21-20-14)22-8-2-4-13(11-22)16(23)19-10-12-3-1-7-18-9-12/h1,3,5-7,9,13H,2,4,8,10-11H2,(H,19,23)/t13-/m1/s1. The van der Waals surface area contributed by atoms with Gasteiger partial charge in [0.2, 0.25) is 5.91 Å². The van der Waals surface area contributed by atoms with Crippen LogP contribution in [-0.2, 0) is 11.3 Å². The molecule has 2 aromatic heterocycles. The van der Waals surface area contributed by atoms with Gasteiger partial charge in [-0.1, -0.05) is 17.7 Å². The zero-order chi connectivity index (χ0) is 16.1. The summed E-state index contributed by atoms with van der Waals surface area (Å²) in [5.41, 5.74) is 0.997. The number of piperidine rings is 1. The number of aromatic nitrogens is 3. The highest BCUT2D eigenvalue weighted by molar-refractivity contribution is 6.29. The second kappa shape index (κ2) is 7.37. The average Bonchev–Trinajstić information content (AvgIpc) is 2.61. The molecule has 1 amide bonds. The second-order valence-corrected chi connectivity index (χ2v) is 5.97. The molecule has 2 aromatic rings. The molecule has 3 heterocycles. The maximum atomic E-state index is 12.4. The smallest absolute Gasteiger partial charge is 0.225 e. The lowest BCUT2D eigenvalue weighted by atomic mass is 9.97. The number of hydrogen-bond acceptors (Lipinski definition) is 5. The molecule has 0 radical (unpaired) electrons. The van der Waals surface area contributed by atoms with E-state index in [4.69, 9.17) is 11.6 Å². The van der Waals surface area contributed by atoms with E-state index in [2.05, 4.69) is 25.4 Å². The number of carbonyl (C=O) groups is 1. The van der Waals surface area contributed by atoms with E-state index in [1.54, 1.807) is 18.5 Å². The van der Waals surface area contributed by atoms with E-state index in [0.717, 1.165) is 30.8 Å². The summed E-state index contributed by atoms with van der Waals surface area (Å²) in [6.07, 6.45) is 5.32. The van der Waals surface area contributed by atoms with Crippen LogP contribution in [0.5, 0.6) is 0 Å². The van der Waals surface area contributed by atoms with Crippen molar-refractivity contribution in [2.75, 3.05) is 18.0 Å². The predicted molar refractivity (Wildman–Crippen MR) is 88.1 cm³/mol. The molecule has 3 rings (SSSR count). The van der Waals surface area contributed by atoms with Crippen molar-refractivity contribution in [2.45, 2.75) is 19.4 Å². The quantitative estimate of drug-likeness (QED) is 0.928. The van der Waals surface area contributed by atoms with Gasteiger partial charge in [0.25, 0.3) is 0 Å². The number of anilines is 1. The van der Waals surface area contributed by atoms with Crippen LogP contribution < -0.4 is 10.2 Å². The van der Waals surface area contributed by atoms with Crippen LogP contribution in [0.4, 0.5) is 5.82 Å². The first-order valence-electron chi connectivity index (χ1n) is 7.63. The molecule has 0 aromatic carbocycles. The lowest BCUT2D eigenvalue weighted by Gasteiger charge is -2.32. The Hall–Kier alpha value is -2.21. The number of nitrogens with one attached hydrogen (secondary N) is 1. The van der Waals surface area contributed by atoms with E-state index in [1.807, 2.05) is 18.2 Å². The molecule has 0 spiro atoms. The molecule has 1 fully saturated rings. The lowest BCUT2D eigenvalue weighted by molar-refractivity contribution is -0.125. The zero-order valence-corrected chi connectivity index (χ0v) is 13.4. The van der Waals surface area contributed by atoms with Crippen LogP contribution in [-0.4, -0.2) is 34.2 Å². The molecule has 1 saturated heterocycles. The van der Waals surface area contributed by atoms with Gasteiger partial charge in [-0.25, -0.2) is 0 Å². The summed E-state index contributed by atoms with van der Waals surface area (Å²) in [6, 6.07) is 7.37. The normalized spacial score (nSPS) is 17.8. The third kappa shape index (κ3) is 4.16. The van der Waals surface area contributed by atoms with Gasteiger partial charge in [-0.3, -0.25) is 9.78 Å². The van der Waals surface area contributed by atoms with Crippen molar-refractivity contribution in [1.82, 2.24) is 20.5 Å². The van der Waals surface area contributed by atoms with E-state index in [0.29, 0.717) is 18.2 Å². The molecule has 0 aliphatic carbocycles. The Kier molecular flexibility index (Phi) is 5.02. The van der Waals surface area contributed by atoms with Crippen LogP contribution in [0.1, 0.15) is 18.4 Å². The first-order chi connectivity index (χ1) is 11.2. The SMILES string of the molecule is O=C(NCc1cccnc1)[C@@H]1CCCN(c2ccc(Cl)nn2)C1. The van der Waals surface area contributed by atoms with Gasteiger partial charge in [-0.05, 0) is 36.6 Å². The minimum absolute atomic E-state index is 0.0436. The van der Waals surface area contributed by atoms with E-state index < -0.39 is 0 Å². The van der Waals surface area contributed by atoms with Crippen molar-refractivity contribution in [3.05, 3.63) is 47.4 Å². The van der Waals surface area contributed by atoms with Gasteiger partial charge >= 0.3 is 0 Å². The number of hydrogen-bond donors (Lipinski definition) is 1. The Morgan fingerprint density at radius 3 is 3.00 bits per heavy atom. The molecule has 0 unspecified atom stereocenters. The number of pyridine rings is 1. The van der Waals surface area contributed by atoms with Crippen LogP contribution in [0.2, 0.25) is 5.15 Å². The van der Waals surface area contributed by atoms with Gasteiger partial charge in [0.15, 0.2) is 11.0 Å². The molecule has 1 aliphatic rings. The Morgan fingerprint density at radius 2 is 2.26 bits per heavy atom. The third-order valence-corrected chi connectivity index (χ3v) is 4.13. The summed E-state index contributed by atoms with van der Waals surface area (Å²) >= 11 is 5.77. The molecule has 6 nitrogen and oxygen atoms in total. The van der Waals surface area contributed by atoms with E-state index in [1.165, 1.54) is 0 Å². The first kappa shape index (κ1) is 15.7. The molecule has 23 heavy (non-hydrogen) atoms. The van der Waals surface area contributed by atoms with Gasteiger partial charge in [0, 0.05) is 32.0 Å². The number of rotatable bonds is 4. The minimum Gasteiger partial charge on any atom is -0.354 e. The number of nitrogens with zero attached hydrogens (tertiary/aromatic N) is 4. The summed E-state index contributed by atoms with van der Waals surface area (Å²) in [5.74, 6) is 0.789. The van der Waals surface area contributed by atoms with Crippen molar-refractivity contribution >= 4 is 23.3 Å². The summed E-state index contributed by atoms with van der Waals surface area (Å²) in [6.45, 7) is 2.03. The third-order valence-electron chi connectivity index (χ3n) is 3.92. The summed E-state index contributed by atoms with van der Waals surface area (Å²) in [4.78, 5) is 18.5. The highest BCUT2D eigenvalue weighted by Crippen LogP contribution is 2.22. The highest BCUT2D eigenvalue weighted by Gasteiger charge is 2.26. The van der Waals surface area contributed by atoms with Crippen LogP contribution in [0.15, 0.2) is 36.7 Å². The van der Waals surface area contributed by atoms with Crippen LogP contribution in [0.25, 0.3) is 0 Å². The minimum atomic E-state index is -0.0436. The lowest BCUT2D eigenvalue weighted by Crippen LogP contribution is -2.43. The fourth-order valence-electron chi connectivity index (χ4n) is 2.71. The van der Waals surface area contributed by atoms with Gasteiger partial charge in [-0.15, -0.1) is 10.2 Å². The summed E-state index contributed by atoms with van der Waals surface area (Å²) in [7, 11) is 0. The predicted octanol–water partition coefficient (Wildman–Crippen LogP) is 2.06. The summed E-state index contributed by atoms with van der Waals surface area (Å²) < 4.78 is 0. The molecule has 0 bridgehead atoms. The number of amides is 1. The number of carbonyl (C=O) groups excluding carboxylic acids is 1. The molecule has 1 aliphatic heterocycles. The van der Waals surface area contributed by atoms with Gasteiger partial charge in [0.05, 0.1) is 5.92 Å². The van der Waals surface area contributed by atoms with Gasteiger partial charge in [0.1, 0.15) is 0 Å². The monoisotopic (exact) mass is 331 g/mol. The molecule has 120 valence electrons.